The van der Waals surface area contributed by atoms with E-state index in [1.165, 1.54) is 0 Å². The number of amides is 1. The van der Waals surface area contributed by atoms with E-state index in [2.05, 4.69) is 5.32 Å². The van der Waals surface area contributed by atoms with Crippen molar-refractivity contribution in [3.63, 3.8) is 0 Å². The van der Waals surface area contributed by atoms with Crippen LogP contribution in [0.1, 0.15) is 13.3 Å². The Balaban J connectivity index is 2.02. The molecule has 2 aromatic rings. The Kier molecular flexibility index (Phi) is 5.02. The Morgan fingerprint density at radius 2 is 1.95 bits per heavy atom. The van der Waals surface area contributed by atoms with Gasteiger partial charge in [-0.3, -0.25) is 4.79 Å². The van der Waals surface area contributed by atoms with Crippen molar-refractivity contribution in [2.24, 2.45) is 0 Å². The molecule has 4 heteroatoms. The second-order valence-corrected chi connectivity index (χ2v) is 4.76. The first kappa shape index (κ1) is 14.4. The first-order valence-corrected chi connectivity index (χ1v) is 6.85. The van der Waals surface area contributed by atoms with Crippen LogP contribution in [0, 0.1) is 0 Å². The van der Waals surface area contributed by atoms with Crippen LogP contribution in [-0.2, 0) is 4.79 Å². The minimum atomic E-state index is -0.531. The second-order valence-electron chi connectivity index (χ2n) is 4.33. The fourth-order valence-corrected chi connectivity index (χ4v) is 1.96. The predicted octanol–water partition coefficient (Wildman–Crippen LogP) is 4.14. The lowest BCUT2D eigenvalue weighted by atomic mass is 10.2. The summed E-state index contributed by atoms with van der Waals surface area (Å²) in [4.78, 5) is 12.2. The number of halogens is 1. The largest absolute Gasteiger partial charge is 0.481 e. The fraction of sp³-hybridized carbons (Fsp3) is 0.188. The highest BCUT2D eigenvalue weighted by Gasteiger charge is 2.18. The van der Waals surface area contributed by atoms with Crippen LogP contribution in [0.5, 0.6) is 5.75 Å². The van der Waals surface area contributed by atoms with Crippen molar-refractivity contribution < 1.29 is 9.53 Å². The van der Waals surface area contributed by atoms with Crippen LogP contribution in [0.3, 0.4) is 0 Å². The SMILES string of the molecule is CC[C@H](Oc1ccccc1)C(=O)Nc1cccc(Cl)c1. The predicted molar refractivity (Wildman–Crippen MR) is 81.2 cm³/mol. The average Bonchev–Trinajstić information content (AvgIpc) is 2.45. The zero-order chi connectivity index (χ0) is 14.4. The molecule has 1 N–H and O–H groups in total. The lowest BCUT2D eigenvalue weighted by Gasteiger charge is -2.17. The minimum absolute atomic E-state index is 0.182. The van der Waals surface area contributed by atoms with Crippen LogP contribution in [0.15, 0.2) is 54.6 Å². The Labute approximate surface area is 123 Å². The van der Waals surface area contributed by atoms with Crippen LogP contribution < -0.4 is 10.1 Å². The van der Waals surface area contributed by atoms with Gasteiger partial charge in [0, 0.05) is 10.7 Å². The quantitative estimate of drug-likeness (QED) is 0.898. The highest BCUT2D eigenvalue weighted by molar-refractivity contribution is 6.30. The highest BCUT2D eigenvalue weighted by atomic mass is 35.5. The lowest BCUT2D eigenvalue weighted by molar-refractivity contribution is -0.122. The summed E-state index contributed by atoms with van der Waals surface area (Å²) in [5.41, 5.74) is 0.664. The van der Waals surface area contributed by atoms with Crippen molar-refractivity contribution in [3.8, 4) is 5.75 Å². The number of hydrogen-bond acceptors (Lipinski definition) is 2. The summed E-state index contributed by atoms with van der Waals surface area (Å²) in [5, 5.41) is 3.39. The summed E-state index contributed by atoms with van der Waals surface area (Å²) in [6.07, 6.45) is 0.0535. The van der Waals surface area contributed by atoms with Gasteiger partial charge in [-0.2, -0.15) is 0 Å². The molecule has 0 unspecified atom stereocenters. The number of hydrogen-bond donors (Lipinski definition) is 1. The van der Waals surface area contributed by atoms with Crippen molar-refractivity contribution >= 4 is 23.2 Å². The Bertz CT molecular complexity index is 572. The number of ether oxygens (including phenoxy) is 1. The molecule has 3 nitrogen and oxygen atoms in total. The minimum Gasteiger partial charge on any atom is -0.481 e. The van der Waals surface area contributed by atoms with Gasteiger partial charge in [-0.05, 0) is 36.8 Å². The van der Waals surface area contributed by atoms with E-state index >= 15 is 0 Å². The molecule has 1 atom stereocenters. The van der Waals surface area contributed by atoms with Crippen LogP contribution in [-0.4, -0.2) is 12.0 Å². The van der Waals surface area contributed by atoms with Gasteiger partial charge in [-0.25, -0.2) is 0 Å². The van der Waals surface area contributed by atoms with Gasteiger partial charge in [0.15, 0.2) is 6.10 Å². The standard InChI is InChI=1S/C16H16ClNO2/c1-2-15(20-14-9-4-3-5-10-14)16(19)18-13-8-6-7-12(17)11-13/h3-11,15H,2H2,1H3,(H,18,19)/t15-/m0/s1. The second kappa shape index (κ2) is 6.96. The topological polar surface area (TPSA) is 38.3 Å². The molecule has 0 fully saturated rings. The molecule has 0 radical (unpaired) electrons. The van der Waals surface area contributed by atoms with Crippen LogP contribution in [0.4, 0.5) is 5.69 Å². The summed E-state index contributed by atoms with van der Waals surface area (Å²) in [6.45, 7) is 1.91. The molecule has 0 saturated heterocycles. The van der Waals surface area contributed by atoms with Gasteiger partial charge in [0.25, 0.3) is 5.91 Å². The molecular weight excluding hydrogens is 274 g/mol. The normalized spacial score (nSPS) is 11.7. The first-order chi connectivity index (χ1) is 9.69. The third kappa shape index (κ3) is 4.00. The van der Waals surface area contributed by atoms with Crippen LogP contribution >= 0.6 is 11.6 Å². The van der Waals surface area contributed by atoms with Gasteiger partial charge in [-0.15, -0.1) is 0 Å². The molecule has 0 heterocycles. The molecule has 2 aromatic carbocycles. The first-order valence-electron chi connectivity index (χ1n) is 6.47. The van der Waals surface area contributed by atoms with Gasteiger partial charge in [0.1, 0.15) is 5.75 Å². The van der Waals surface area contributed by atoms with Crippen LogP contribution in [0.2, 0.25) is 5.02 Å². The molecule has 2 rings (SSSR count). The van der Waals surface area contributed by atoms with Crippen molar-refractivity contribution in [2.45, 2.75) is 19.4 Å². The number of carbonyl (C=O) groups is 1. The molecule has 104 valence electrons. The van der Waals surface area contributed by atoms with Crippen molar-refractivity contribution in [3.05, 3.63) is 59.6 Å². The average molecular weight is 290 g/mol. The van der Waals surface area contributed by atoms with Gasteiger partial charge >= 0.3 is 0 Å². The third-order valence-corrected chi connectivity index (χ3v) is 3.01. The van der Waals surface area contributed by atoms with Gasteiger partial charge in [0.2, 0.25) is 0 Å². The van der Waals surface area contributed by atoms with Gasteiger partial charge in [-0.1, -0.05) is 42.8 Å². The number of benzene rings is 2. The van der Waals surface area contributed by atoms with E-state index in [1.54, 1.807) is 24.3 Å². The van der Waals surface area contributed by atoms with E-state index < -0.39 is 6.10 Å². The van der Waals surface area contributed by atoms with Crippen molar-refractivity contribution in [2.75, 3.05) is 5.32 Å². The lowest BCUT2D eigenvalue weighted by Crippen LogP contribution is -2.32. The van der Waals surface area contributed by atoms with Crippen molar-refractivity contribution in [1.82, 2.24) is 0 Å². The smallest absolute Gasteiger partial charge is 0.265 e. The number of carbonyl (C=O) groups excluding carboxylic acids is 1. The summed E-state index contributed by atoms with van der Waals surface area (Å²) >= 11 is 5.89. The van der Waals surface area contributed by atoms with Crippen molar-refractivity contribution in [1.29, 1.82) is 0 Å². The van der Waals surface area contributed by atoms with E-state index in [0.717, 1.165) is 0 Å². The number of nitrogens with one attached hydrogen (secondary N) is 1. The van der Waals surface area contributed by atoms with E-state index in [9.17, 15) is 4.79 Å². The van der Waals surface area contributed by atoms with Gasteiger partial charge in [0.05, 0.1) is 0 Å². The van der Waals surface area contributed by atoms with E-state index in [-0.39, 0.29) is 5.91 Å². The fourth-order valence-electron chi connectivity index (χ4n) is 1.77. The Hall–Kier alpha value is -2.00. The Morgan fingerprint density at radius 1 is 1.20 bits per heavy atom. The van der Waals surface area contributed by atoms with Gasteiger partial charge < -0.3 is 10.1 Å². The summed E-state index contributed by atoms with van der Waals surface area (Å²) in [6, 6.07) is 16.3. The molecule has 0 aromatic heterocycles. The molecule has 0 aliphatic rings. The molecule has 0 aliphatic heterocycles. The molecule has 20 heavy (non-hydrogen) atoms. The van der Waals surface area contributed by atoms with E-state index in [0.29, 0.717) is 22.9 Å². The zero-order valence-corrected chi connectivity index (χ0v) is 11.9. The molecule has 0 saturated carbocycles. The summed E-state index contributed by atoms with van der Waals surface area (Å²) in [7, 11) is 0. The molecule has 0 spiro atoms. The molecule has 1 amide bonds. The monoisotopic (exact) mass is 289 g/mol. The molecule has 0 bridgehead atoms. The summed E-state index contributed by atoms with van der Waals surface area (Å²) < 4.78 is 5.68. The maximum Gasteiger partial charge on any atom is 0.265 e. The number of anilines is 1. The Morgan fingerprint density at radius 3 is 2.60 bits per heavy atom. The third-order valence-electron chi connectivity index (χ3n) is 2.78. The number of para-hydroxylation sites is 1. The zero-order valence-electron chi connectivity index (χ0n) is 11.2. The van der Waals surface area contributed by atoms with Crippen LogP contribution in [0.25, 0.3) is 0 Å². The van der Waals surface area contributed by atoms with E-state index in [1.807, 2.05) is 37.3 Å². The summed E-state index contributed by atoms with van der Waals surface area (Å²) in [5.74, 6) is 0.499. The highest BCUT2D eigenvalue weighted by Crippen LogP contribution is 2.17. The maximum atomic E-state index is 12.2. The maximum absolute atomic E-state index is 12.2. The van der Waals surface area contributed by atoms with E-state index in [4.69, 9.17) is 16.3 Å². The molecular formula is C16H16ClNO2. The molecule has 0 aliphatic carbocycles. The number of rotatable bonds is 5.